The largest absolute Gasteiger partial charge is 0.491 e. The topological polar surface area (TPSA) is 64.9 Å². The Morgan fingerprint density at radius 3 is 3.05 bits per heavy atom. The van der Waals surface area contributed by atoms with Crippen LogP contribution < -0.4 is 10.1 Å². The molecule has 1 N–H and O–H groups in total. The summed E-state index contributed by atoms with van der Waals surface area (Å²) in [6.45, 7) is 8.90. The summed E-state index contributed by atoms with van der Waals surface area (Å²) in [7, 11) is 0. The second-order valence-corrected chi connectivity index (χ2v) is 4.64. The fourth-order valence-corrected chi connectivity index (χ4v) is 1.76. The fourth-order valence-electron chi connectivity index (χ4n) is 1.76. The Balaban J connectivity index is 1.99. The first-order chi connectivity index (χ1) is 9.69. The van der Waals surface area contributed by atoms with Crippen molar-refractivity contribution in [2.75, 3.05) is 5.32 Å². The highest BCUT2D eigenvalue weighted by Crippen LogP contribution is 2.15. The molecular formula is C14H19N5O. The summed E-state index contributed by atoms with van der Waals surface area (Å²) in [4.78, 5) is 0. The number of aromatic nitrogens is 4. The lowest BCUT2D eigenvalue weighted by molar-refractivity contribution is 0.242. The van der Waals surface area contributed by atoms with Crippen LogP contribution in [-0.4, -0.2) is 26.3 Å². The SMILES string of the molecule is C=CCn1nnnc1NCc1cccc(OC(C)C)c1. The van der Waals surface area contributed by atoms with Crippen LogP contribution in [0.4, 0.5) is 5.95 Å². The molecule has 0 radical (unpaired) electrons. The van der Waals surface area contributed by atoms with Gasteiger partial charge in [0.25, 0.3) is 0 Å². The third kappa shape index (κ3) is 3.81. The number of benzene rings is 1. The molecule has 0 unspecified atom stereocenters. The van der Waals surface area contributed by atoms with Gasteiger partial charge in [-0.05, 0) is 42.0 Å². The Bertz CT molecular complexity index is 564. The Kier molecular flexibility index (Phi) is 4.70. The van der Waals surface area contributed by atoms with Crippen LogP contribution in [0.25, 0.3) is 0 Å². The fraction of sp³-hybridized carbons (Fsp3) is 0.357. The van der Waals surface area contributed by atoms with Crippen molar-refractivity contribution >= 4 is 5.95 Å². The summed E-state index contributed by atoms with van der Waals surface area (Å²) in [5.74, 6) is 1.49. The predicted molar refractivity (Wildman–Crippen MR) is 77.5 cm³/mol. The molecular weight excluding hydrogens is 254 g/mol. The predicted octanol–water partition coefficient (Wildman–Crippen LogP) is 2.26. The van der Waals surface area contributed by atoms with E-state index in [1.165, 1.54) is 0 Å². The number of hydrogen-bond acceptors (Lipinski definition) is 5. The van der Waals surface area contributed by atoms with E-state index in [2.05, 4.69) is 27.4 Å². The van der Waals surface area contributed by atoms with E-state index in [0.29, 0.717) is 19.0 Å². The second kappa shape index (κ2) is 6.70. The number of allylic oxidation sites excluding steroid dienone is 1. The van der Waals surface area contributed by atoms with Crippen molar-refractivity contribution < 1.29 is 4.74 Å². The first-order valence-corrected chi connectivity index (χ1v) is 6.55. The zero-order chi connectivity index (χ0) is 14.4. The monoisotopic (exact) mass is 273 g/mol. The number of tetrazole rings is 1. The van der Waals surface area contributed by atoms with Gasteiger partial charge >= 0.3 is 0 Å². The van der Waals surface area contributed by atoms with Crippen molar-refractivity contribution in [2.45, 2.75) is 33.0 Å². The Hall–Kier alpha value is -2.37. The summed E-state index contributed by atoms with van der Waals surface area (Å²) in [6.07, 6.45) is 1.91. The molecule has 0 saturated heterocycles. The van der Waals surface area contributed by atoms with E-state index in [-0.39, 0.29) is 6.10 Å². The Morgan fingerprint density at radius 2 is 2.30 bits per heavy atom. The molecule has 6 heteroatoms. The van der Waals surface area contributed by atoms with Crippen LogP contribution in [0, 0.1) is 0 Å². The zero-order valence-electron chi connectivity index (χ0n) is 11.8. The number of rotatable bonds is 7. The van der Waals surface area contributed by atoms with Crippen LogP contribution in [0.5, 0.6) is 5.75 Å². The van der Waals surface area contributed by atoms with Gasteiger partial charge in [0.15, 0.2) is 0 Å². The van der Waals surface area contributed by atoms with E-state index in [9.17, 15) is 0 Å². The molecule has 0 amide bonds. The summed E-state index contributed by atoms with van der Waals surface area (Å²) in [5, 5.41) is 14.6. The highest BCUT2D eigenvalue weighted by molar-refractivity contribution is 5.32. The zero-order valence-corrected chi connectivity index (χ0v) is 11.8. The maximum absolute atomic E-state index is 5.67. The molecule has 6 nitrogen and oxygen atoms in total. The second-order valence-electron chi connectivity index (χ2n) is 4.64. The van der Waals surface area contributed by atoms with Gasteiger partial charge in [-0.25, -0.2) is 4.68 Å². The van der Waals surface area contributed by atoms with Crippen LogP contribution >= 0.6 is 0 Å². The minimum atomic E-state index is 0.165. The molecule has 0 saturated carbocycles. The highest BCUT2D eigenvalue weighted by Gasteiger charge is 2.04. The lowest BCUT2D eigenvalue weighted by atomic mass is 10.2. The third-order valence-corrected chi connectivity index (χ3v) is 2.55. The smallest absolute Gasteiger partial charge is 0.243 e. The highest BCUT2D eigenvalue weighted by atomic mass is 16.5. The molecule has 1 heterocycles. The number of ether oxygens (including phenoxy) is 1. The van der Waals surface area contributed by atoms with E-state index in [1.54, 1.807) is 10.8 Å². The van der Waals surface area contributed by atoms with E-state index in [4.69, 9.17) is 4.74 Å². The normalized spacial score (nSPS) is 10.6. The molecule has 1 aromatic heterocycles. The molecule has 0 spiro atoms. The van der Waals surface area contributed by atoms with Gasteiger partial charge in [0.1, 0.15) is 5.75 Å². The van der Waals surface area contributed by atoms with Crippen LogP contribution in [-0.2, 0) is 13.1 Å². The van der Waals surface area contributed by atoms with Crippen molar-refractivity contribution in [3.63, 3.8) is 0 Å². The van der Waals surface area contributed by atoms with Gasteiger partial charge in [0.2, 0.25) is 5.95 Å². The molecule has 106 valence electrons. The molecule has 0 fully saturated rings. The average Bonchev–Trinajstić information content (AvgIpc) is 2.84. The molecule has 0 aliphatic carbocycles. The molecule has 0 aliphatic rings. The summed E-state index contributed by atoms with van der Waals surface area (Å²) in [6, 6.07) is 7.96. The maximum atomic E-state index is 5.67. The molecule has 2 rings (SSSR count). The average molecular weight is 273 g/mol. The minimum absolute atomic E-state index is 0.165. The molecule has 1 aromatic carbocycles. The quantitative estimate of drug-likeness (QED) is 0.784. The van der Waals surface area contributed by atoms with Crippen LogP contribution in [0.1, 0.15) is 19.4 Å². The molecule has 20 heavy (non-hydrogen) atoms. The van der Waals surface area contributed by atoms with Gasteiger partial charge in [-0.2, -0.15) is 0 Å². The van der Waals surface area contributed by atoms with Crippen molar-refractivity contribution in [3.8, 4) is 5.75 Å². The van der Waals surface area contributed by atoms with Crippen molar-refractivity contribution in [3.05, 3.63) is 42.5 Å². The number of hydrogen-bond donors (Lipinski definition) is 1. The third-order valence-electron chi connectivity index (χ3n) is 2.55. The summed E-state index contributed by atoms with van der Waals surface area (Å²) >= 11 is 0. The lowest BCUT2D eigenvalue weighted by Gasteiger charge is -2.11. The standard InChI is InChI=1S/C14H19N5O/c1-4-8-19-14(16-17-18-19)15-10-12-6-5-7-13(9-12)20-11(2)3/h4-7,9,11H,1,8,10H2,2-3H3,(H,15,16,18). The van der Waals surface area contributed by atoms with E-state index in [1.807, 2.05) is 38.1 Å². The Labute approximate surface area is 118 Å². The van der Waals surface area contributed by atoms with E-state index >= 15 is 0 Å². The van der Waals surface area contributed by atoms with Gasteiger partial charge in [-0.15, -0.1) is 6.58 Å². The minimum Gasteiger partial charge on any atom is -0.491 e. The maximum Gasteiger partial charge on any atom is 0.243 e. The van der Waals surface area contributed by atoms with Crippen molar-refractivity contribution in [2.24, 2.45) is 0 Å². The van der Waals surface area contributed by atoms with Crippen LogP contribution in [0.15, 0.2) is 36.9 Å². The van der Waals surface area contributed by atoms with Crippen LogP contribution in [0.3, 0.4) is 0 Å². The van der Waals surface area contributed by atoms with Gasteiger partial charge in [0.05, 0.1) is 12.6 Å². The van der Waals surface area contributed by atoms with Gasteiger partial charge in [-0.1, -0.05) is 23.3 Å². The van der Waals surface area contributed by atoms with Crippen molar-refractivity contribution in [1.82, 2.24) is 20.2 Å². The first-order valence-electron chi connectivity index (χ1n) is 6.55. The number of nitrogens with zero attached hydrogens (tertiary/aromatic N) is 4. The van der Waals surface area contributed by atoms with Gasteiger partial charge < -0.3 is 10.1 Å². The lowest BCUT2D eigenvalue weighted by Crippen LogP contribution is -2.09. The van der Waals surface area contributed by atoms with Crippen LogP contribution in [0.2, 0.25) is 0 Å². The van der Waals surface area contributed by atoms with Gasteiger partial charge in [-0.3, -0.25) is 0 Å². The first kappa shape index (κ1) is 14.0. The van der Waals surface area contributed by atoms with Gasteiger partial charge in [0, 0.05) is 6.54 Å². The molecule has 2 aromatic rings. The molecule has 0 atom stereocenters. The van der Waals surface area contributed by atoms with E-state index in [0.717, 1.165) is 11.3 Å². The number of anilines is 1. The van der Waals surface area contributed by atoms with Crippen molar-refractivity contribution in [1.29, 1.82) is 0 Å². The Morgan fingerprint density at radius 1 is 1.45 bits per heavy atom. The molecule has 0 aliphatic heterocycles. The summed E-state index contributed by atoms with van der Waals surface area (Å²) in [5.41, 5.74) is 1.11. The van der Waals surface area contributed by atoms with E-state index < -0.39 is 0 Å². The summed E-state index contributed by atoms with van der Waals surface area (Å²) < 4.78 is 7.32. The number of nitrogens with one attached hydrogen (secondary N) is 1. The molecule has 0 bridgehead atoms.